The molecule has 34 heavy (non-hydrogen) atoms. The Hall–Kier alpha value is -3.79. The average Bonchev–Trinajstić information content (AvgIpc) is 3.50. The third-order valence-electron chi connectivity index (χ3n) is 4.63. The van der Waals surface area contributed by atoms with E-state index < -0.39 is 0 Å². The molecule has 0 aromatic heterocycles. The van der Waals surface area contributed by atoms with Gasteiger partial charge in [-0.2, -0.15) is 0 Å². The molecule has 0 bridgehead atoms. The average molecular weight is 472 g/mol. The summed E-state index contributed by atoms with van der Waals surface area (Å²) in [5.74, 6) is 0.252. The number of carbonyl (C=O) groups is 4. The first-order valence-corrected chi connectivity index (χ1v) is 10.4. The molecular formula is C24H33N5O5. The van der Waals surface area contributed by atoms with Gasteiger partial charge in [0.2, 0.25) is 5.91 Å². The first-order valence-electron chi connectivity index (χ1n) is 10.4. The zero-order valence-corrected chi connectivity index (χ0v) is 18.9. The molecule has 4 amide bonds. The number of rotatable bonds is 6. The number of carbonyl (C=O) groups excluding carboxylic acids is 4. The summed E-state index contributed by atoms with van der Waals surface area (Å²) in [6.45, 7) is 13.5. The van der Waals surface area contributed by atoms with E-state index in [1.165, 1.54) is 29.2 Å². The van der Waals surface area contributed by atoms with Crippen LogP contribution in [0.4, 0.5) is 0 Å². The molecule has 4 rings (SSSR count). The second-order valence-electron chi connectivity index (χ2n) is 7.41. The zero-order chi connectivity index (χ0) is 24.4. The van der Waals surface area contributed by atoms with Crippen LogP contribution < -0.4 is 10.6 Å². The van der Waals surface area contributed by atoms with Crippen LogP contribution >= 0.6 is 0 Å². The van der Waals surface area contributed by atoms with Crippen LogP contribution in [0, 0.1) is 0 Å². The molecule has 1 atom stereocenters. The molecule has 10 nitrogen and oxygen atoms in total. The van der Waals surface area contributed by atoms with Crippen LogP contribution in [0.3, 0.4) is 0 Å². The van der Waals surface area contributed by atoms with Gasteiger partial charge in [-0.1, -0.05) is 20.6 Å². The lowest BCUT2D eigenvalue weighted by atomic mass is 10.4. The summed E-state index contributed by atoms with van der Waals surface area (Å²) in [5.41, 5.74) is 1.31. The van der Waals surface area contributed by atoms with Crippen molar-refractivity contribution in [3.05, 3.63) is 61.0 Å². The highest BCUT2D eigenvalue weighted by Crippen LogP contribution is 2.11. The van der Waals surface area contributed by atoms with Gasteiger partial charge in [0.25, 0.3) is 17.7 Å². The van der Waals surface area contributed by atoms with Gasteiger partial charge in [-0.05, 0) is 26.0 Å². The van der Waals surface area contributed by atoms with Gasteiger partial charge in [0.15, 0.2) is 0 Å². The Bertz CT molecular complexity index is 851. The lowest BCUT2D eigenvalue weighted by molar-refractivity contribution is -0.137. The predicted molar refractivity (Wildman–Crippen MR) is 130 cm³/mol. The maximum atomic E-state index is 11.4. The van der Waals surface area contributed by atoms with E-state index in [0.29, 0.717) is 30.6 Å². The Morgan fingerprint density at radius 1 is 0.941 bits per heavy atom. The summed E-state index contributed by atoms with van der Waals surface area (Å²) in [4.78, 5) is 50.8. The van der Waals surface area contributed by atoms with Gasteiger partial charge in [0.1, 0.15) is 0 Å². The Labute approximate surface area is 200 Å². The van der Waals surface area contributed by atoms with Crippen molar-refractivity contribution in [2.75, 3.05) is 32.8 Å². The zero-order valence-electron chi connectivity index (χ0n) is 18.9. The van der Waals surface area contributed by atoms with Crippen molar-refractivity contribution in [3.63, 3.8) is 0 Å². The SMILES string of the molecule is C.C=C1C=CC(=O)N1.C=C1C=CC(=O)N1CCOCCN1C(=O)C=CC1=O.CC1=NCC(C)N1. The van der Waals surface area contributed by atoms with Crippen LogP contribution in [0.1, 0.15) is 21.3 Å². The Morgan fingerprint density at radius 3 is 1.85 bits per heavy atom. The topological polar surface area (TPSA) is 120 Å². The third-order valence-corrected chi connectivity index (χ3v) is 4.63. The molecule has 0 spiro atoms. The van der Waals surface area contributed by atoms with Gasteiger partial charge in [0.05, 0.1) is 32.1 Å². The van der Waals surface area contributed by atoms with Crippen molar-refractivity contribution in [1.82, 2.24) is 20.4 Å². The molecule has 0 aromatic carbocycles. The van der Waals surface area contributed by atoms with Crippen molar-refractivity contribution in [2.45, 2.75) is 27.3 Å². The molecule has 184 valence electrons. The number of nitrogens with zero attached hydrogens (tertiary/aromatic N) is 3. The van der Waals surface area contributed by atoms with E-state index in [1.54, 1.807) is 12.2 Å². The second kappa shape index (κ2) is 13.7. The lowest BCUT2D eigenvalue weighted by Crippen LogP contribution is -2.34. The van der Waals surface area contributed by atoms with E-state index in [4.69, 9.17) is 4.74 Å². The van der Waals surface area contributed by atoms with Gasteiger partial charge in [0, 0.05) is 48.3 Å². The van der Waals surface area contributed by atoms with Gasteiger partial charge in [-0.15, -0.1) is 0 Å². The minimum atomic E-state index is -0.319. The van der Waals surface area contributed by atoms with E-state index in [0.717, 1.165) is 17.3 Å². The van der Waals surface area contributed by atoms with Crippen LogP contribution in [-0.4, -0.2) is 78.2 Å². The van der Waals surface area contributed by atoms with E-state index in [1.807, 2.05) is 6.92 Å². The Morgan fingerprint density at radius 2 is 1.50 bits per heavy atom. The number of aliphatic imine (C=N–C) groups is 1. The summed E-state index contributed by atoms with van der Waals surface area (Å²) in [6, 6.07) is 0.569. The lowest BCUT2D eigenvalue weighted by Gasteiger charge is -2.18. The first-order chi connectivity index (χ1) is 15.7. The van der Waals surface area contributed by atoms with Crippen LogP contribution in [0.5, 0.6) is 0 Å². The standard InChI is InChI=1S/C13H14N2O4.C5H10N2.C5H5NO.CH4/c1-10-2-3-11(16)14(10)6-8-19-9-7-15-12(17)4-5-13(15)18;1-4-3-6-5(2)7-4;1-4-2-3-5(7)6-4;/h2-5H,1,6-9H2;4H,3H2,1-2H3,(H,6,7);2-3H,1H2,(H,6,7);1H4. The van der Waals surface area contributed by atoms with Crippen molar-refractivity contribution in [1.29, 1.82) is 0 Å². The van der Waals surface area contributed by atoms with Crippen LogP contribution in [0.2, 0.25) is 0 Å². The maximum Gasteiger partial charge on any atom is 0.253 e. The monoisotopic (exact) mass is 471 g/mol. The van der Waals surface area contributed by atoms with E-state index in [2.05, 4.69) is 35.7 Å². The molecule has 1 unspecified atom stereocenters. The number of ether oxygens (including phenoxy) is 1. The predicted octanol–water partition coefficient (Wildman–Crippen LogP) is 1.06. The highest BCUT2D eigenvalue weighted by Gasteiger charge is 2.22. The van der Waals surface area contributed by atoms with Gasteiger partial charge < -0.3 is 20.3 Å². The van der Waals surface area contributed by atoms with Crippen LogP contribution in [-0.2, 0) is 23.9 Å². The van der Waals surface area contributed by atoms with Crippen molar-refractivity contribution >= 4 is 29.5 Å². The van der Waals surface area contributed by atoms with Gasteiger partial charge >= 0.3 is 0 Å². The molecule has 4 aliphatic heterocycles. The van der Waals surface area contributed by atoms with Gasteiger partial charge in [-0.25, -0.2) is 0 Å². The fourth-order valence-electron chi connectivity index (χ4n) is 2.95. The third kappa shape index (κ3) is 8.99. The molecule has 4 aliphatic rings. The minimum Gasteiger partial charge on any atom is -0.378 e. The molecule has 0 saturated carbocycles. The highest BCUT2D eigenvalue weighted by atomic mass is 16.5. The molecule has 0 aliphatic carbocycles. The molecule has 0 fully saturated rings. The number of nitrogens with one attached hydrogen (secondary N) is 2. The molecule has 10 heteroatoms. The molecule has 2 N–H and O–H groups in total. The minimum absolute atomic E-state index is 0. The van der Waals surface area contributed by atoms with E-state index in [-0.39, 0.29) is 44.2 Å². The quantitative estimate of drug-likeness (QED) is 0.442. The van der Waals surface area contributed by atoms with E-state index in [9.17, 15) is 19.2 Å². The fraction of sp³-hybridized carbons (Fsp3) is 0.375. The molecule has 0 aromatic rings. The van der Waals surface area contributed by atoms with Crippen molar-refractivity contribution in [2.24, 2.45) is 4.99 Å². The van der Waals surface area contributed by atoms with Crippen molar-refractivity contribution < 1.29 is 23.9 Å². The second-order valence-corrected chi connectivity index (χ2v) is 7.41. The maximum absolute atomic E-state index is 11.4. The van der Waals surface area contributed by atoms with Crippen LogP contribution in [0.25, 0.3) is 0 Å². The summed E-state index contributed by atoms with van der Waals surface area (Å²) in [6.07, 6.45) is 8.66. The molecule has 4 heterocycles. The number of hydrogen-bond donors (Lipinski definition) is 2. The fourth-order valence-corrected chi connectivity index (χ4v) is 2.95. The highest BCUT2D eigenvalue weighted by molar-refractivity contribution is 6.12. The number of amides is 4. The number of imide groups is 1. The molecular weight excluding hydrogens is 438 g/mol. The van der Waals surface area contributed by atoms with Gasteiger partial charge in [-0.3, -0.25) is 29.1 Å². The first kappa shape index (κ1) is 28.2. The van der Waals surface area contributed by atoms with Crippen LogP contribution in [0.15, 0.2) is 66.0 Å². The Balaban J connectivity index is 0.000000315. The Kier molecular flexibility index (Phi) is 11.4. The van der Waals surface area contributed by atoms with Crippen molar-refractivity contribution in [3.8, 4) is 0 Å². The summed E-state index contributed by atoms with van der Waals surface area (Å²) < 4.78 is 5.31. The summed E-state index contributed by atoms with van der Waals surface area (Å²) in [7, 11) is 0. The van der Waals surface area contributed by atoms with E-state index >= 15 is 0 Å². The summed E-state index contributed by atoms with van der Waals surface area (Å²) in [5, 5.41) is 5.64. The largest absolute Gasteiger partial charge is 0.378 e. The smallest absolute Gasteiger partial charge is 0.253 e. The molecule has 0 saturated heterocycles. The number of allylic oxidation sites excluding steroid dienone is 2. The number of amidine groups is 1. The molecule has 0 radical (unpaired) electrons. The summed E-state index contributed by atoms with van der Waals surface area (Å²) >= 11 is 0. The number of hydrogen-bond acceptors (Lipinski definition) is 7. The normalized spacial score (nSPS) is 19.9.